The van der Waals surface area contributed by atoms with E-state index < -0.39 is 5.91 Å². The van der Waals surface area contributed by atoms with Crippen LogP contribution in [-0.4, -0.2) is 28.9 Å². The summed E-state index contributed by atoms with van der Waals surface area (Å²) < 4.78 is 0. The van der Waals surface area contributed by atoms with E-state index in [0.29, 0.717) is 39.2 Å². The van der Waals surface area contributed by atoms with E-state index >= 15 is 0 Å². The predicted octanol–water partition coefficient (Wildman–Crippen LogP) is 5.63. The highest BCUT2D eigenvalue weighted by atomic mass is 32.1. The van der Waals surface area contributed by atoms with Crippen molar-refractivity contribution in [2.24, 2.45) is 10.7 Å². The largest absolute Gasteiger partial charge is 0.398 e. The molecule has 35 heavy (non-hydrogen) atoms. The minimum absolute atomic E-state index is 0.0954. The van der Waals surface area contributed by atoms with Crippen LogP contribution in [0.3, 0.4) is 0 Å². The number of rotatable bonds is 9. The van der Waals surface area contributed by atoms with Gasteiger partial charge in [0.25, 0.3) is 0 Å². The molecule has 1 atom stereocenters. The van der Waals surface area contributed by atoms with Gasteiger partial charge in [-0.3, -0.25) is 9.79 Å². The molecule has 0 aliphatic heterocycles. The number of H-pyrrole nitrogens is 1. The van der Waals surface area contributed by atoms with E-state index in [1.54, 1.807) is 12.1 Å². The first-order chi connectivity index (χ1) is 16.7. The fourth-order valence-electron chi connectivity index (χ4n) is 3.86. The number of primary amides is 1. The Bertz CT molecular complexity index is 1400. The Kier molecular flexibility index (Phi) is 7.98. The van der Waals surface area contributed by atoms with E-state index in [4.69, 9.17) is 21.9 Å². The summed E-state index contributed by atoms with van der Waals surface area (Å²) in [5, 5.41) is 12.0. The van der Waals surface area contributed by atoms with Crippen LogP contribution in [0.5, 0.6) is 0 Å². The normalized spacial score (nSPS) is 13.3. The van der Waals surface area contributed by atoms with Crippen LogP contribution in [0.4, 0.5) is 17.1 Å². The number of nitrogens with zero attached hydrogens (tertiary/aromatic N) is 1. The molecule has 0 saturated heterocycles. The number of fused-ring (bicyclic) bond motifs is 1. The van der Waals surface area contributed by atoms with E-state index in [1.165, 1.54) is 6.21 Å². The molecule has 180 valence electrons. The van der Waals surface area contributed by atoms with Gasteiger partial charge in [-0.05, 0) is 56.7 Å². The molecule has 0 bridgehead atoms. The van der Waals surface area contributed by atoms with Crippen molar-refractivity contribution in [3.63, 3.8) is 0 Å². The molecule has 1 amide bonds. The van der Waals surface area contributed by atoms with Crippen molar-refractivity contribution in [3.05, 3.63) is 78.0 Å². The lowest BCUT2D eigenvalue weighted by Crippen LogP contribution is -2.22. The van der Waals surface area contributed by atoms with Crippen molar-refractivity contribution < 1.29 is 4.79 Å². The summed E-state index contributed by atoms with van der Waals surface area (Å²) in [6, 6.07) is 11.2. The van der Waals surface area contributed by atoms with Crippen molar-refractivity contribution >= 4 is 64.0 Å². The number of nitrogen functional groups attached to an aromatic ring is 1. The number of aliphatic imine (C=N–C) groups is 1. The van der Waals surface area contributed by atoms with Crippen molar-refractivity contribution in [2.75, 3.05) is 11.1 Å². The molecule has 2 aromatic carbocycles. The molecular formula is C27H30N6OS. The summed E-state index contributed by atoms with van der Waals surface area (Å²) >= 11 is 4.42. The SMILES string of the molecule is C=C(C(N)=O)c1[nH]c2ccc(N)c(C=N)c2c1N=C(C)/C(=C/C=C\C)C(C)Nc1cccc(S)c1. The molecule has 0 saturated carbocycles. The fraction of sp³-hybridized carbons (Fsp3) is 0.148. The minimum Gasteiger partial charge on any atom is -0.398 e. The lowest BCUT2D eigenvalue weighted by atomic mass is 10.0. The minimum atomic E-state index is -0.665. The van der Waals surface area contributed by atoms with Gasteiger partial charge in [-0.15, -0.1) is 12.6 Å². The number of carbonyl (C=O) groups excluding carboxylic acids is 1. The Morgan fingerprint density at radius 1 is 1.31 bits per heavy atom. The Labute approximate surface area is 210 Å². The van der Waals surface area contributed by atoms with Crippen LogP contribution >= 0.6 is 12.6 Å². The Hall–Kier alpha value is -4.04. The first-order valence-corrected chi connectivity index (χ1v) is 11.5. The molecule has 7 N–H and O–H groups in total. The Morgan fingerprint density at radius 2 is 2.06 bits per heavy atom. The number of allylic oxidation sites excluding steroid dienone is 3. The second-order valence-electron chi connectivity index (χ2n) is 8.09. The topological polar surface area (TPSA) is 133 Å². The lowest BCUT2D eigenvalue weighted by Gasteiger charge is -2.19. The van der Waals surface area contributed by atoms with Gasteiger partial charge in [0, 0.05) is 44.7 Å². The molecule has 3 aromatic rings. The molecule has 7 nitrogen and oxygen atoms in total. The molecule has 1 unspecified atom stereocenters. The molecule has 0 spiro atoms. The number of benzene rings is 2. The van der Waals surface area contributed by atoms with Gasteiger partial charge in [-0.25, -0.2) is 0 Å². The molecule has 1 heterocycles. The molecule has 1 aromatic heterocycles. The van der Waals surface area contributed by atoms with E-state index in [-0.39, 0.29) is 11.6 Å². The number of anilines is 2. The summed E-state index contributed by atoms with van der Waals surface area (Å²) in [5.41, 5.74) is 16.8. The van der Waals surface area contributed by atoms with Gasteiger partial charge in [0.1, 0.15) is 0 Å². The maximum atomic E-state index is 12.0. The van der Waals surface area contributed by atoms with Crippen molar-refractivity contribution in [1.29, 1.82) is 5.41 Å². The van der Waals surface area contributed by atoms with Gasteiger partial charge in [0.05, 0.1) is 23.0 Å². The van der Waals surface area contributed by atoms with Gasteiger partial charge < -0.3 is 27.2 Å². The molecule has 0 fully saturated rings. The highest BCUT2D eigenvalue weighted by Gasteiger charge is 2.21. The third-order valence-electron chi connectivity index (χ3n) is 5.62. The molecular weight excluding hydrogens is 456 g/mol. The summed E-state index contributed by atoms with van der Waals surface area (Å²) in [7, 11) is 0. The monoisotopic (exact) mass is 486 g/mol. The van der Waals surface area contributed by atoms with E-state index in [9.17, 15) is 4.79 Å². The summed E-state index contributed by atoms with van der Waals surface area (Å²) in [6.07, 6.45) is 7.06. The van der Waals surface area contributed by atoms with Crippen LogP contribution in [0.15, 0.2) is 76.7 Å². The number of aromatic amines is 1. The highest BCUT2D eigenvalue weighted by Crippen LogP contribution is 2.38. The zero-order valence-electron chi connectivity index (χ0n) is 20.0. The molecule has 0 aliphatic rings. The Morgan fingerprint density at radius 3 is 2.69 bits per heavy atom. The van der Waals surface area contributed by atoms with Crippen molar-refractivity contribution in [2.45, 2.75) is 31.7 Å². The number of amides is 1. The number of aromatic nitrogens is 1. The number of hydrogen-bond donors (Lipinski definition) is 6. The van der Waals surface area contributed by atoms with Crippen LogP contribution in [0.1, 0.15) is 32.0 Å². The molecule has 3 rings (SSSR count). The fourth-order valence-corrected chi connectivity index (χ4v) is 4.08. The van der Waals surface area contributed by atoms with Gasteiger partial charge >= 0.3 is 0 Å². The predicted molar refractivity (Wildman–Crippen MR) is 151 cm³/mol. The van der Waals surface area contributed by atoms with E-state index in [0.717, 1.165) is 16.2 Å². The Balaban J connectivity index is 2.19. The number of nitrogens with one attached hydrogen (secondary N) is 3. The third-order valence-corrected chi connectivity index (χ3v) is 5.90. The zero-order valence-corrected chi connectivity index (χ0v) is 20.9. The number of nitrogens with two attached hydrogens (primary N) is 2. The maximum Gasteiger partial charge on any atom is 0.250 e. The average Bonchev–Trinajstić information content (AvgIpc) is 3.16. The van der Waals surface area contributed by atoms with Crippen molar-refractivity contribution in [3.8, 4) is 0 Å². The highest BCUT2D eigenvalue weighted by molar-refractivity contribution is 7.80. The smallest absolute Gasteiger partial charge is 0.250 e. The summed E-state index contributed by atoms with van der Waals surface area (Å²) in [5.74, 6) is -0.665. The first-order valence-electron chi connectivity index (χ1n) is 11.1. The number of thiol groups is 1. The quantitative estimate of drug-likeness (QED) is 0.0769. The first kappa shape index (κ1) is 25.6. The average molecular weight is 487 g/mol. The summed E-state index contributed by atoms with van der Waals surface area (Å²) in [4.78, 5) is 21.0. The second kappa shape index (κ2) is 10.9. The van der Waals surface area contributed by atoms with E-state index in [2.05, 4.69) is 29.5 Å². The standard InChI is InChI=1S/C27H30N6OS/c1-5-6-10-20(16(3)31-18-8-7-9-19(35)13-18)17(4)32-26-24-21(14-28)22(29)11-12-23(24)33-25(26)15(2)27(30)34/h5-14,16,28,31,33,35H,2,29H2,1,3-4H3,(H2,30,34)/b6-5-,20-10+,28-14?,32-17?. The van der Waals surface area contributed by atoms with E-state index in [1.807, 2.05) is 63.3 Å². The zero-order chi connectivity index (χ0) is 25.7. The van der Waals surface area contributed by atoms with Gasteiger partial charge in [-0.1, -0.05) is 30.9 Å². The van der Waals surface area contributed by atoms with Gasteiger partial charge in [0.2, 0.25) is 5.91 Å². The summed E-state index contributed by atoms with van der Waals surface area (Å²) in [6.45, 7) is 9.73. The second-order valence-corrected chi connectivity index (χ2v) is 8.60. The van der Waals surface area contributed by atoms with Gasteiger partial charge in [0.15, 0.2) is 0 Å². The van der Waals surface area contributed by atoms with Crippen LogP contribution in [0.25, 0.3) is 16.5 Å². The number of carbonyl (C=O) groups is 1. The molecule has 0 aliphatic carbocycles. The molecule has 0 radical (unpaired) electrons. The molecule has 8 heteroatoms. The van der Waals surface area contributed by atoms with Crippen LogP contribution in [0.2, 0.25) is 0 Å². The number of hydrogen-bond acceptors (Lipinski definition) is 6. The lowest BCUT2D eigenvalue weighted by molar-refractivity contribution is -0.112. The van der Waals surface area contributed by atoms with Crippen molar-refractivity contribution in [1.82, 2.24) is 4.98 Å². The van der Waals surface area contributed by atoms with Crippen LogP contribution in [0, 0.1) is 5.41 Å². The van der Waals surface area contributed by atoms with Gasteiger partial charge in [-0.2, -0.15) is 0 Å². The van der Waals surface area contributed by atoms with Crippen LogP contribution < -0.4 is 16.8 Å². The van der Waals surface area contributed by atoms with Crippen LogP contribution in [-0.2, 0) is 4.79 Å². The maximum absolute atomic E-state index is 12.0. The third kappa shape index (κ3) is 5.55.